The molecule has 0 fully saturated rings. The van der Waals surface area contributed by atoms with Gasteiger partial charge in [-0.25, -0.2) is 4.98 Å². The highest BCUT2D eigenvalue weighted by atomic mass is 19.4. The molecule has 0 amide bonds. The zero-order valence-corrected chi connectivity index (χ0v) is 10.7. The lowest BCUT2D eigenvalue weighted by atomic mass is 10.0. The summed E-state index contributed by atoms with van der Waals surface area (Å²) in [5.74, 6) is 0.429. The molecule has 0 saturated heterocycles. The van der Waals surface area contributed by atoms with Crippen LogP contribution in [0.15, 0.2) is 34.9 Å². The van der Waals surface area contributed by atoms with Gasteiger partial charge in [-0.3, -0.25) is 4.79 Å². The number of Topliss-reactive ketones (excluding diaryl/α,β-unsaturated/α-hetero) is 1. The summed E-state index contributed by atoms with van der Waals surface area (Å²) in [6.07, 6.45) is -3.01. The zero-order chi connectivity index (χ0) is 14.8. The van der Waals surface area contributed by atoms with Gasteiger partial charge in [0.1, 0.15) is 11.5 Å². The fourth-order valence-corrected chi connectivity index (χ4v) is 1.87. The first-order valence-corrected chi connectivity index (χ1v) is 5.94. The Bertz CT molecular complexity index is 617. The maximum absolute atomic E-state index is 12.8. The van der Waals surface area contributed by atoms with E-state index in [0.29, 0.717) is 5.76 Å². The van der Waals surface area contributed by atoms with Crippen molar-refractivity contribution in [1.29, 1.82) is 0 Å². The lowest BCUT2D eigenvalue weighted by molar-refractivity contribution is -0.138. The minimum absolute atomic E-state index is 0.0619. The Morgan fingerprint density at radius 2 is 2.00 bits per heavy atom. The number of aromatic nitrogens is 1. The molecule has 0 aliphatic carbocycles. The van der Waals surface area contributed by atoms with Crippen molar-refractivity contribution in [2.75, 3.05) is 0 Å². The second kappa shape index (κ2) is 5.48. The van der Waals surface area contributed by atoms with E-state index in [2.05, 4.69) is 4.98 Å². The van der Waals surface area contributed by atoms with Gasteiger partial charge in [0.25, 0.3) is 0 Å². The van der Waals surface area contributed by atoms with Crippen LogP contribution in [0.5, 0.6) is 0 Å². The molecule has 0 atom stereocenters. The summed E-state index contributed by atoms with van der Waals surface area (Å²) in [5, 5.41) is 0. The number of carbonyl (C=O) groups excluding carboxylic acids is 1. The monoisotopic (exact) mass is 283 g/mol. The van der Waals surface area contributed by atoms with Gasteiger partial charge in [-0.15, -0.1) is 0 Å². The van der Waals surface area contributed by atoms with Crippen LogP contribution in [0.1, 0.15) is 29.7 Å². The van der Waals surface area contributed by atoms with Crippen LogP contribution in [0.25, 0.3) is 0 Å². The van der Waals surface area contributed by atoms with Gasteiger partial charge in [-0.05, 0) is 18.6 Å². The third kappa shape index (κ3) is 3.46. The van der Waals surface area contributed by atoms with E-state index in [-0.39, 0.29) is 30.1 Å². The number of rotatable bonds is 4. The molecule has 0 bridgehead atoms. The van der Waals surface area contributed by atoms with Crippen molar-refractivity contribution < 1.29 is 22.4 Å². The van der Waals surface area contributed by atoms with Gasteiger partial charge in [0.2, 0.25) is 0 Å². The summed E-state index contributed by atoms with van der Waals surface area (Å²) in [5.41, 5.74) is -0.609. The number of hydrogen-bond donors (Lipinski definition) is 0. The highest BCUT2D eigenvalue weighted by Crippen LogP contribution is 2.32. The molecule has 3 nitrogen and oxygen atoms in total. The van der Waals surface area contributed by atoms with Crippen molar-refractivity contribution in [3.63, 3.8) is 0 Å². The number of halogens is 3. The number of alkyl halides is 3. The molecule has 1 aromatic heterocycles. The van der Waals surface area contributed by atoms with Crippen LogP contribution in [0.2, 0.25) is 0 Å². The van der Waals surface area contributed by atoms with Crippen molar-refractivity contribution in [1.82, 2.24) is 4.98 Å². The summed E-state index contributed by atoms with van der Waals surface area (Å²) >= 11 is 0. The smallest absolute Gasteiger partial charge is 0.416 e. The van der Waals surface area contributed by atoms with Crippen LogP contribution in [-0.2, 0) is 23.8 Å². The van der Waals surface area contributed by atoms with Crippen LogP contribution < -0.4 is 0 Å². The first-order chi connectivity index (χ1) is 9.36. The van der Waals surface area contributed by atoms with Crippen molar-refractivity contribution in [2.24, 2.45) is 0 Å². The van der Waals surface area contributed by atoms with E-state index in [1.807, 2.05) is 0 Å². The molecule has 0 N–H and O–H groups in total. The van der Waals surface area contributed by atoms with Crippen molar-refractivity contribution in [3.05, 3.63) is 53.2 Å². The molecule has 0 aliphatic rings. The van der Waals surface area contributed by atoms with Crippen molar-refractivity contribution >= 4 is 5.78 Å². The normalized spacial score (nSPS) is 11.6. The topological polar surface area (TPSA) is 43.1 Å². The summed E-state index contributed by atoms with van der Waals surface area (Å²) in [4.78, 5) is 14.8. The highest BCUT2D eigenvalue weighted by Gasteiger charge is 2.33. The van der Waals surface area contributed by atoms with E-state index >= 15 is 0 Å². The molecule has 0 radical (unpaired) electrons. The maximum Gasteiger partial charge on any atom is 0.416 e. The number of carbonyl (C=O) groups is 1. The van der Waals surface area contributed by atoms with Crippen LogP contribution in [0, 0.1) is 0 Å². The molecule has 2 rings (SSSR count). The summed E-state index contributed by atoms with van der Waals surface area (Å²) in [6.45, 7) is 1.40. The lowest BCUT2D eigenvalue weighted by Crippen LogP contribution is -2.09. The minimum Gasteiger partial charge on any atom is -0.445 e. The molecule has 20 heavy (non-hydrogen) atoms. The molecular formula is C14H12F3NO2. The Morgan fingerprint density at radius 3 is 2.65 bits per heavy atom. The van der Waals surface area contributed by atoms with Crippen molar-refractivity contribution in [2.45, 2.75) is 25.9 Å². The van der Waals surface area contributed by atoms with Gasteiger partial charge < -0.3 is 4.42 Å². The Balaban J connectivity index is 2.22. The van der Waals surface area contributed by atoms with Gasteiger partial charge in [0.05, 0.1) is 18.2 Å². The number of nitrogens with zero attached hydrogens (tertiary/aromatic N) is 1. The number of oxazole rings is 1. The average molecular weight is 283 g/mol. The molecule has 106 valence electrons. The fraction of sp³-hybridized carbons (Fsp3) is 0.286. The van der Waals surface area contributed by atoms with E-state index in [0.717, 1.165) is 6.07 Å². The predicted molar refractivity (Wildman–Crippen MR) is 65.1 cm³/mol. The van der Waals surface area contributed by atoms with Gasteiger partial charge in [-0.2, -0.15) is 13.2 Å². The van der Waals surface area contributed by atoms with Crippen LogP contribution in [0.3, 0.4) is 0 Å². The fourth-order valence-electron chi connectivity index (χ4n) is 1.87. The predicted octanol–water partition coefficient (Wildman–Crippen LogP) is 3.42. The molecule has 0 spiro atoms. The van der Waals surface area contributed by atoms with Crippen LogP contribution in [-0.4, -0.2) is 10.8 Å². The highest BCUT2D eigenvalue weighted by molar-refractivity contribution is 5.77. The molecule has 1 heterocycles. The van der Waals surface area contributed by atoms with Gasteiger partial charge in [-0.1, -0.05) is 18.2 Å². The van der Waals surface area contributed by atoms with E-state index in [9.17, 15) is 18.0 Å². The zero-order valence-electron chi connectivity index (χ0n) is 10.7. The van der Waals surface area contributed by atoms with E-state index in [1.165, 1.54) is 31.3 Å². The lowest BCUT2D eigenvalue weighted by Gasteiger charge is -2.11. The molecular weight excluding hydrogens is 271 g/mol. The first-order valence-electron chi connectivity index (χ1n) is 5.94. The quantitative estimate of drug-likeness (QED) is 0.863. The minimum atomic E-state index is -4.41. The Kier molecular flexibility index (Phi) is 3.92. The third-order valence-electron chi connectivity index (χ3n) is 2.69. The Morgan fingerprint density at radius 1 is 1.30 bits per heavy atom. The molecule has 0 unspecified atom stereocenters. The Hall–Kier alpha value is -2.11. The van der Waals surface area contributed by atoms with Gasteiger partial charge >= 0.3 is 6.18 Å². The average Bonchev–Trinajstić information content (AvgIpc) is 2.75. The van der Waals surface area contributed by atoms with Gasteiger partial charge in [0.15, 0.2) is 5.89 Å². The maximum atomic E-state index is 12.8. The molecule has 1 aromatic carbocycles. The second-order valence-corrected chi connectivity index (χ2v) is 4.43. The van der Waals surface area contributed by atoms with Crippen LogP contribution >= 0.6 is 0 Å². The van der Waals surface area contributed by atoms with Crippen LogP contribution in [0.4, 0.5) is 13.2 Å². The number of hydrogen-bond acceptors (Lipinski definition) is 3. The SMILES string of the molecule is CC(=O)Cc1cnc(Cc2ccccc2C(F)(F)F)o1. The summed E-state index contributed by atoms with van der Waals surface area (Å²) in [6, 6.07) is 5.28. The molecule has 0 saturated carbocycles. The number of ketones is 1. The summed E-state index contributed by atoms with van der Waals surface area (Å²) in [7, 11) is 0. The van der Waals surface area contributed by atoms with E-state index in [4.69, 9.17) is 4.42 Å². The molecule has 2 aromatic rings. The van der Waals surface area contributed by atoms with E-state index in [1.54, 1.807) is 0 Å². The molecule has 6 heteroatoms. The Labute approximate surface area is 113 Å². The largest absolute Gasteiger partial charge is 0.445 e. The number of benzene rings is 1. The third-order valence-corrected chi connectivity index (χ3v) is 2.69. The molecule has 0 aliphatic heterocycles. The van der Waals surface area contributed by atoms with E-state index < -0.39 is 11.7 Å². The van der Waals surface area contributed by atoms with Gasteiger partial charge in [0, 0.05) is 6.42 Å². The second-order valence-electron chi connectivity index (χ2n) is 4.43. The van der Waals surface area contributed by atoms with Crippen molar-refractivity contribution in [3.8, 4) is 0 Å². The standard InChI is InChI=1S/C14H12F3NO2/c1-9(19)6-11-8-18-13(20-11)7-10-4-2-3-5-12(10)14(15,16)17/h2-5,8H,6-7H2,1H3. The first kappa shape index (κ1) is 14.3. The summed E-state index contributed by atoms with van der Waals surface area (Å²) < 4.78 is 43.8.